The minimum Gasteiger partial charge on any atom is -0.492 e. The van der Waals surface area contributed by atoms with Crippen molar-refractivity contribution in [2.45, 2.75) is 72.8 Å². The molecule has 1 atom stereocenters. The fourth-order valence-corrected chi connectivity index (χ4v) is 4.38. The number of nitrogen functional groups attached to an aromatic ring is 2. The summed E-state index contributed by atoms with van der Waals surface area (Å²) in [6.45, 7) is 12.8. The zero-order valence-electron chi connectivity index (χ0n) is 24.7. The number of ether oxygens (including phenoxy) is 2. The lowest BCUT2D eigenvalue weighted by atomic mass is 10.2. The second-order valence-electron chi connectivity index (χ2n) is 10.4. The van der Waals surface area contributed by atoms with E-state index in [-0.39, 0.29) is 48.1 Å². The van der Waals surface area contributed by atoms with Gasteiger partial charge in [-0.05, 0) is 53.7 Å². The number of anilines is 2. The highest BCUT2D eigenvalue weighted by molar-refractivity contribution is 6.31. The molecule has 1 aromatic carbocycles. The van der Waals surface area contributed by atoms with Crippen molar-refractivity contribution >= 4 is 52.2 Å². The van der Waals surface area contributed by atoms with Crippen LogP contribution in [-0.4, -0.2) is 57.2 Å². The number of aromatic nitrogens is 4. The van der Waals surface area contributed by atoms with Gasteiger partial charge in [0.15, 0.2) is 33.5 Å². The highest BCUT2D eigenvalue weighted by atomic mass is 35.5. The molecule has 0 spiro atoms. The van der Waals surface area contributed by atoms with Crippen molar-refractivity contribution in [3.05, 3.63) is 34.9 Å². The molecule has 3 amide bonds. The van der Waals surface area contributed by atoms with E-state index in [1.165, 1.54) is 0 Å². The largest absolute Gasteiger partial charge is 0.492 e. The number of benzene rings is 1. The van der Waals surface area contributed by atoms with Gasteiger partial charge in [-0.3, -0.25) is 9.59 Å². The molecule has 0 bridgehead atoms. The van der Waals surface area contributed by atoms with Crippen LogP contribution in [-0.2, 0) is 29.2 Å². The second kappa shape index (κ2) is 13.6. The van der Waals surface area contributed by atoms with Gasteiger partial charge < -0.3 is 36.9 Å². The zero-order chi connectivity index (χ0) is 31.2. The predicted molar refractivity (Wildman–Crippen MR) is 158 cm³/mol. The summed E-state index contributed by atoms with van der Waals surface area (Å²) in [5, 5.41) is 7.99. The fraction of sp³-hybridized carbons (Fsp3) is 0.481. The first-order valence-electron chi connectivity index (χ1n) is 13.6. The quantitative estimate of drug-likeness (QED) is 0.161. The number of nitrogens with one attached hydrogen (secondary N) is 3. The van der Waals surface area contributed by atoms with Crippen LogP contribution >= 0.6 is 11.6 Å². The van der Waals surface area contributed by atoms with Crippen molar-refractivity contribution < 1.29 is 28.4 Å². The predicted octanol–water partition coefficient (Wildman–Crippen LogP) is 1.91. The van der Waals surface area contributed by atoms with E-state index in [1.807, 2.05) is 32.0 Å². The van der Waals surface area contributed by atoms with Crippen LogP contribution in [0.2, 0.25) is 5.15 Å². The maximum atomic E-state index is 12.8. The molecule has 7 N–H and O–H groups in total. The van der Waals surface area contributed by atoms with Gasteiger partial charge in [-0.2, -0.15) is 0 Å². The third-order valence-corrected chi connectivity index (χ3v) is 6.39. The van der Waals surface area contributed by atoms with Gasteiger partial charge in [0.25, 0.3) is 11.7 Å². The molecule has 0 unspecified atom stereocenters. The molecule has 2 aromatic heterocycles. The lowest BCUT2D eigenvalue weighted by Gasteiger charge is -2.21. The summed E-state index contributed by atoms with van der Waals surface area (Å²) in [7, 11) is 0. The molecule has 0 fully saturated rings. The van der Waals surface area contributed by atoms with E-state index in [0.717, 1.165) is 16.9 Å². The highest BCUT2D eigenvalue weighted by Gasteiger charge is 2.26. The summed E-state index contributed by atoms with van der Waals surface area (Å²) in [6.07, 6.45) is -0.663. The summed E-state index contributed by atoms with van der Waals surface area (Å²) >= 11 is 5.93. The number of fused-ring (bicyclic) bond motifs is 1. The minimum atomic E-state index is -0.770. The van der Waals surface area contributed by atoms with Crippen LogP contribution in [0.25, 0.3) is 11.0 Å². The Balaban J connectivity index is 1.65. The van der Waals surface area contributed by atoms with E-state index < -0.39 is 23.6 Å². The number of rotatable bonds is 11. The molecule has 3 aromatic rings. The molecule has 0 aliphatic rings. The standard InChI is InChI=1S/C27H38ClN9O5/c1-7-36-17-10-9-16(41-12-11-31-24(38)15(3)33-26(40)42-27(4,5)6)13-18(17)37(8-2)19(36)14-32-25(39)20-22(29)35-23(30)21(28)34-20/h9-10,13,15H,7-8,11-12,14H2,1-6H3,(H6-,29,30,31,32,33,35,38,39,40)/p+1/t15-/m0/s1. The third-order valence-electron chi connectivity index (χ3n) is 6.11. The van der Waals surface area contributed by atoms with Crippen LogP contribution in [0, 0.1) is 0 Å². The monoisotopic (exact) mass is 604 g/mol. The molecular weight excluding hydrogens is 566 g/mol. The summed E-state index contributed by atoms with van der Waals surface area (Å²) < 4.78 is 15.2. The minimum absolute atomic E-state index is 0.0502. The van der Waals surface area contributed by atoms with Crippen molar-refractivity contribution in [1.29, 1.82) is 0 Å². The van der Waals surface area contributed by atoms with E-state index in [1.54, 1.807) is 27.7 Å². The topological polar surface area (TPSA) is 192 Å². The number of alkyl carbamates (subject to hydrolysis) is 1. The van der Waals surface area contributed by atoms with Crippen LogP contribution in [0.3, 0.4) is 0 Å². The van der Waals surface area contributed by atoms with Crippen LogP contribution in [0.15, 0.2) is 18.2 Å². The first-order chi connectivity index (χ1) is 19.7. The summed E-state index contributed by atoms with van der Waals surface area (Å²) in [5.41, 5.74) is 12.5. The van der Waals surface area contributed by atoms with Crippen LogP contribution in [0.4, 0.5) is 16.4 Å². The van der Waals surface area contributed by atoms with Gasteiger partial charge in [0.05, 0.1) is 19.6 Å². The van der Waals surface area contributed by atoms with E-state index in [2.05, 4.69) is 35.1 Å². The molecule has 2 heterocycles. The Morgan fingerprint density at radius 3 is 2.48 bits per heavy atom. The molecule has 0 saturated heterocycles. The Kier molecular flexibility index (Phi) is 10.4. The van der Waals surface area contributed by atoms with E-state index in [9.17, 15) is 14.4 Å². The lowest BCUT2D eigenvalue weighted by molar-refractivity contribution is -0.676. The Labute approximate surface area is 249 Å². The van der Waals surface area contributed by atoms with Gasteiger partial charge in [-0.1, -0.05) is 11.6 Å². The first kappa shape index (κ1) is 32.2. The van der Waals surface area contributed by atoms with E-state index >= 15 is 0 Å². The second-order valence-corrected chi connectivity index (χ2v) is 10.7. The average Bonchev–Trinajstić information content (AvgIpc) is 3.21. The van der Waals surface area contributed by atoms with Crippen LogP contribution < -0.4 is 36.7 Å². The van der Waals surface area contributed by atoms with Gasteiger partial charge in [-0.25, -0.2) is 23.9 Å². The maximum Gasteiger partial charge on any atom is 0.408 e. The average molecular weight is 605 g/mol. The molecule has 228 valence electrons. The highest BCUT2D eigenvalue weighted by Crippen LogP contribution is 2.22. The lowest BCUT2D eigenvalue weighted by Crippen LogP contribution is -2.47. The van der Waals surface area contributed by atoms with E-state index in [0.29, 0.717) is 18.8 Å². The molecule has 0 radical (unpaired) electrons. The van der Waals surface area contributed by atoms with Crippen molar-refractivity contribution in [3.63, 3.8) is 0 Å². The third kappa shape index (κ3) is 7.90. The van der Waals surface area contributed by atoms with Gasteiger partial charge in [-0.15, -0.1) is 0 Å². The van der Waals surface area contributed by atoms with Crippen LogP contribution in [0.1, 0.15) is 57.9 Å². The Morgan fingerprint density at radius 1 is 1.12 bits per heavy atom. The number of hydrogen-bond acceptors (Lipinski definition) is 9. The van der Waals surface area contributed by atoms with Gasteiger partial charge >= 0.3 is 6.09 Å². The Bertz CT molecular complexity index is 1470. The molecule has 15 heteroatoms. The Hall–Kier alpha value is -4.33. The van der Waals surface area contributed by atoms with Crippen molar-refractivity contribution in [2.75, 3.05) is 24.6 Å². The molecule has 3 rings (SSSR count). The van der Waals surface area contributed by atoms with Gasteiger partial charge in [0.2, 0.25) is 5.91 Å². The molecular formula is C27H39ClN9O5+. The SMILES string of the molecule is CCn1c(CNC(=O)c2nc(Cl)c(N)nc2N)[n+](CC)c2ccc(OCCNC(=O)[C@H](C)NC(=O)OC(C)(C)C)cc21. The molecule has 0 aliphatic heterocycles. The Morgan fingerprint density at radius 2 is 1.83 bits per heavy atom. The number of hydrogen-bond donors (Lipinski definition) is 5. The number of aryl methyl sites for hydroxylation is 2. The number of carbonyl (C=O) groups excluding carboxylic acids is 3. The summed E-state index contributed by atoms with van der Waals surface area (Å²) in [6, 6.07) is 4.93. The molecule has 42 heavy (non-hydrogen) atoms. The van der Waals surface area contributed by atoms with Crippen molar-refractivity contribution in [2.24, 2.45) is 0 Å². The van der Waals surface area contributed by atoms with Gasteiger partial charge in [0.1, 0.15) is 30.5 Å². The molecule has 0 aliphatic carbocycles. The number of nitrogens with zero attached hydrogens (tertiary/aromatic N) is 4. The first-order valence-corrected chi connectivity index (χ1v) is 13.9. The smallest absolute Gasteiger partial charge is 0.408 e. The number of halogens is 1. The maximum absolute atomic E-state index is 12.8. The van der Waals surface area contributed by atoms with Gasteiger partial charge in [0, 0.05) is 6.07 Å². The molecule has 0 saturated carbocycles. The number of nitrogens with two attached hydrogens (primary N) is 2. The van der Waals surface area contributed by atoms with Crippen molar-refractivity contribution in [1.82, 2.24) is 30.5 Å². The van der Waals surface area contributed by atoms with E-state index in [4.69, 9.17) is 32.5 Å². The summed E-state index contributed by atoms with van der Waals surface area (Å²) in [4.78, 5) is 44.9. The number of amides is 3. The fourth-order valence-electron chi connectivity index (χ4n) is 4.26. The number of carbonyl (C=O) groups is 3. The van der Waals surface area contributed by atoms with Crippen LogP contribution in [0.5, 0.6) is 5.75 Å². The number of imidazole rings is 1. The summed E-state index contributed by atoms with van der Waals surface area (Å²) in [5.74, 6) is 0.421. The zero-order valence-corrected chi connectivity index (χ0v) is 25.5. The normalized spacial score (nSPS) is 12.1. The molecule has 14 nitrogen and oxygen atoms in total. The van der Waals surface area contributed by atoms with Crippen molar-refractivity contribution in [3.8, 4) is 5.75 Å².